The normalized spacial score (nSPS) is 11.7. The van der Waals surface area contributed by atoms with Gasteiger partial charge in [-0.15, -0.1) is 0 Å². The minimum atomic E-state index is -0.822. The van der Waals surface area contributed by atoms with Crippen LogP contribution in [0.1, 0.15) is 42.3 Å². The number of methoxy groups -OCH3 is 4. The summed E-state index contributed by atoms with van der Waals surface area (Å²) in [6, 6.07) is 10.8. The highest BCUT2D eigenvalue weighted by Gasteiger charge is 2.22. The van der Waals surface area contributed by atoms with E-state index in [0.29, 0.717) is 28.4 Å². The van der Waals surface area contributed by atoms with Crippen LogP contribution in [0.15, 0.2) is 42.5 Å². The standard InChI is InChI=1S/C24H30O6/c1-24(2,3)19-15-16(30-23(28-6)29-7)11-12-17(19)20(25)14-13-18-21(26-4)9-8-10-22(18)27-5/h8-15,23H,1-7H3/b14-13+. The van der Waals surface area contributed by atoms with Gasteiger partial charge < -0.3 is 23.7 Å². The van der Waals surface area contributed by atoms with Crippen LogP contribution in [0.2, 0.25) is 0 Å². The van der Waals surface area contributed by atoms with Crippen LogP contribution in [-0.2, 0) is 14.9 Å². The van der Waals surface area contributed by atoms with Crippen molar-refractivity contribution in [2.45, 2.75) is 32.7 Å². The minimum absolute atomic E-state index is 0.130. The summed E-state index contributed by atoms with van der Waals surface area (Å²) in [5.41, 5.74) is 1.87. The van der Waals surface area contributed by atoms with E-state index in [1.807, 2.05) is 45.0 Å². The van der Waals surface area contributed by atoms with Crippen LogP contribution in [0.4, 0.5) is 0 Å². The third kappa shape index (κ3) is 5.62. The SMILES string of the molecule is COc1cccc(OC)c1/C=C/C(=O)c1ccc(OC(OC)OC)cc1C(C)(C)C. The lowest BCUT2D eigenvalue weighted by atomic mass is 9.82. The van der Waals surface area contributed by atoms with Gasteiger partial charge in [0.25, 0.3) is 0 Å². The molecule has 0 N–H and O–H groups in total. The molecule has 0 fully saturated rings. The van der Waals surface area contributed by atoms with Crippen molar-refractivity contribution in [3.63, 3.8) is 0 Å². The lowest BCUT2D eigenvalue weighted by Gasteiger charge is -2.24. The predicted molar refractivity (Wildman–Crippen MR) is 116 cm³/mol. The van der Waals surface area contributed by atoms with Crippen LogP contribution >= 0.6 is 0 Å². The second kappa shape index (κ2) is 10.3. The highest BCUT2D eigenvalue weighted by molar-refractivity contribution is 6.08. The molecule has 6 nitrogen and oxygen atoms in total. The lowest BCUT2D eigenvalue weighted by molar-refractivity contribution is -0.219. The quantitative estimate of drug-likeness (QED) is 0.332. The molecule has 0 aliphatic heterocycles. The number of carbonyl (C=O) groups excluding carboxylic acids is 1. The summed E-state index contributed by atoms with van der Waals surface area (Å²) in [6.45, 7) is 5.30. The van der Waals surface area contributed by atoms with Gasteiger partial charge in [-0.25, -0.2) is 0 Å². The van der Waals surface area contributed by atoms with E-state index in [1.165, 1.54) is 20.3 Å². The van der Waals surface area contributed by atoms with Gasteiger partial charge in [0.1, 0.15) is 17.2 Å². The Balaban J connectivity index is 2.41. The van der Waals surface area contributed by atoms with Crippen molar-refractivity contribution >= 4 is 11.9 Å². The average Bonchev–Trinajstić information content (AvgIpc) is 2.74. The molecule has 0 heterocycles. The zero-order valence-corrected chi connectivity index (χ0v) is 18.6. The van der Waals surface area contributed by atoms with Crippen molar-refractivity contribution in [2.75, 3.05) is 28.4 Å². The third-order valence-electron chi connectivity index (χ3n) is 4.55. The Morgan fingerprint density at radius 1 is 0.933 bits per heavy atom. The van der Waals surface area contributed by atoms with E-state index in [9.17, 15) is 4.79 Å². The fourth-order valence-corrected chi connectivity index (χ4v) is 3.03. The predicted octanol–water partition coefficient (Wildman–Crippen LogP) is 4.85. The van der Waals surface area contributed by atoms with E-state index in [-0.39, 0.29) is 11.2 Å². The summed E-state index contributed by atoms with van der Waals surface area (Å²) in [5.74, 6) is 1.68. The Labute approximate surface area is 178 Å². The van der Waals surface area contributed by atoms with Crippen molar-refractivity contribution in [3.05, 3.63) is 59.2 Å². The molecule has 2 rings (SSSR count). The molecule has 0 saturated carbocycles. The fraction of sp³-hybridized carbons (Fsp3) is 0.375. The Bertz CT molecular complexity index is 869. The highest BCUT2D eigenvalue weighted by atomic mass is 16.8. The summed E-state index contributed by atoms with van der Waals surface area (Å²) in [4.78, 5) is 13.1. The minimum Gasteiger partial charge on any atom is -0.496 e. The average molecular weight is 414 g/mol. The van der Waals surface area contributed by atoms with Crippen LogP contribution in [0, 0.1) is 0 Å². The zero-order valence-electron chi connectivity index (χ0n) is 18.6. The molecule has 0 amide bonds. The molecule has 0 spiro atoms. The van der Waals surface area contributed by atoms with Crippen molar-refractivity contribution in [3.8, 4) is 17.2 Å². The fourth-order valence-electron chi connectivity index (χ4n) is 3.03. The molecule has 162 valence electrons. The molecule has 2 aromatic carbocycles. The summed E-state index contributed by atoms with van der Waals surface area (Å²) in [7, 11) is 6.15. The van der Waals surface area contributed by atoms with E-state index < -0.39 is 6.48 Å². The molecule has 0 aromatic heterocycles. The third-order valence-corrected chi connectivity index (χ3v) is 4.55. The number of carbonyl (C=O) groups is 1. The molecule has 0 atom stereocenters. The summed E-state index contributed by atoms with van der Waals surface area (Å²) < 4.78 is 26.6. The maximum absolute atomic E-state index is 13.1. The summed E-state index contributed by atoms with van der Waals surface area (Å²) >= 11 is 0. The number of hydrogen-bond acceptors (Lipinski definition) is 6. The van der Waals surface area contributed by atoms with E-state index in [0.717, 1.165) is 5.56 Å². The molecule has 30 heavy (non-hydrogen) atoms. The van der Waals surface area contributed by atoms with Gasteiger partial charge in [-0.05, 0) is 53.5 Å². The Hall–Kier alpha value is -2.83. The van der Waals surface area contributed by atoms with Crippen LogP contribution in [-0.4, -0.2) is 40.7 Å². The van der Waals surface area contributed by atoms with Crippen molar-refractivity contribution in [2.24, 2.45) is 0 Å². The van der Waals surface area contributed by atoms with Crippen molar-refractivity contribution in [1.82, 2.24) is 0 Å². The van der Waals surface area contributed by atoms with E-state index in [1.54, 1.807) is 32.4 Å². The Morgan fingerprint density at radius 3 is 2.03 bits per heavy atom. The molecule has 0 aliphatic carbocycles. The molecule has 0 radical (unpaired) electrons. The van der Waals surface area contributed by atoms with Gasteiger partial charge in [-0.1, -0.05) is 26.8 Å². The second-order valence-corrected chi connectivity index (χ2v) is 7.61. The molecule has 0 unspecified atom stereocenters. The first-order chi connectivity index (χ1) is 14.2. The van der Waals surface area contributed by atoms with Crippen molar-refractivity contribution < 1.29 is 28.5 Å². The first-order valence-electron chi connectivity index (χ1n) is 9.55. The lowest BCUT2D eigenvalue weighted by Crippen LogP contribution is -2.22. The number of hydrogen-bond donors (Lipinski definition) is 0. The number of benzene rings is 2. The summed E-state index contributed by atoms with van der Waals surface area (Å²) in [5, 5.41) is 0. The van der Waals surface area contributed by atoms with Crippen LogP contribution < -0.4 is 14.2 Å². The van der Waals surface area contributed by atoms with Gasteiger partial charge in [0, 0.05) is 19.8 Å². The molecule has 0 saturated heterocycles. The van der Waals surface area contributed by atoms with Gasteiger partial charge in [0.05, 0.1) is 19.8 Å². The van der Waals surface area contributed by atoms with Gasteiger partial charge in [-0.3, -0.25) is 4.79 Å². The summed E-state index contributed by atoms with van der Waals surface area (Å²) in [6.07, 6.45) is 3.24. The van der Waals surface area contributed by atoms with Crippen molar-refractivity contribution in [1.29, 1.82) is 0 Å². The van der Waals surface area contributed by atoms with Crippen LogP contribution in [0.3, 0.4) is 0 Å². The molecule has 0 aliphatic rings. The van der Waals surface area contributed by atoms with E-state index in [4.69, 9.17) is 23.7 Å². The maximum Gasteiger partial charge on any atom is 0.315 e. The number of rotatable bonds is 9. The van der Waals surface area contributed by atoms with Crippen LogP contribution in [0.25, 0.3) is 6.08 Å². The topological polar surface area (TPSA) is 63.2 Å². The maximum atomic E-state index is 13.1. The molecular formula is C24H30O6. The molecular weight excluding hydrogens is 384 g/mol. The largest absolute Gasteiger partial charge is 0.496 e. The first kappa shape index (κ1) is 23.4. The molecule has 2 aromatic rings. The van der Waals surface area contributed by atoms with E-state index >= 15 is 0 Å². The monoisotopic (exact) mass is 414 g/mol. The second-order valence-electron chi connectivity index (χ2n) is 7.61. The van der Waals surface area contributed by atoms with E-state index in [2.05, 4.69) is 0 Å². The Kier molecular flexibility index (Phi) is 8.03. The zero-order chi connectivity index (χ0) is 22.3. The number of ether oxygens (including phenoxy) is 5. The number of ketones is 1. The molecule has 0 bridgehead atoms. The molecule has 6 heteroatoms. The van der Waals surface area contributed by atoms with Gasteiger partial charge in [-0.2, -0.15) is 0 Å². The van der Waals surface area contributed by atoms with Gasteiger partial charge >= 0.3 is 6.48 Å². The van der Waals surface area contributed by atoms with Gasteiger partial charge in [0.2, 0.25) is 0 Å². The smallest absolute Gasteiger partial charge is 0.315 e. The highest BCUT2D eigenvalue weighted by Crippen LogP contribution is 2.32. The van der Waals surface area contributed by atoms with Crippen LogP contribution in [0.5, 0.6) is 17.2 Å². The Morgan fingerprint density at radius 2 is 1.53 bits per heavy atom. The number of allylic oxidation sites excluding steroid dienone is 1. The van der Waals surface area contributed by atoms with Gasteiger partial charge in [0.15, 0.2) is 5.78 Å². The first-order valence-corrected chi connectivity index (χ1v) is 9.55.